The van der Waals surface area contributed by atoms with Crippen molar-refractivity contribution in [1.29, 1.82) is 0 Å². The van der Waals surface area contributed by atoms with Crippen molar-refractivity contribution < 1.29 is 14.3 Å². The predicted molar refractivity (Wildman–Crippen MR) is 94.9 cm³/mol. The second-order valence-corrected chi connectivity index (χ2v) is 6.76. The molecule has 2 heterocycles. The number of benzene rings is 1. The SMILES string of the molecule is O=C(NCCCN1CCOCC1)[C@H]1CC(=O)N(Cc2ccccc2)C1. The highest BCUT2D eigenvalue weighted by molar-refractivity contribution is 5.89. The number of carbonyl (C=O) groups is 2. The quantitative estimate of drug-likeness (QED) is 0.745. The van der Waals surface area contributed by atoms with E-state index in [1.54, 1.807) is 4.90 Å². The van der Waals surface area contributed by atoms with Crippen LogP contribution in [0.3, 0.4) is 0 Å². The van der Waals surface area contributed by atoms with Crippen LogP contribution in [0.4, 0.5) is 0 Å². The molecule has 2 saturated heterocycles. The van der Waals surface area contributed by atoms with Gasteiger partial charge in [0, 0.05) is 39.1 Å². The van der Waals surface area contributed by atoms with Gasteiger partial charge >= 0.3 is 0 Å². The van der Waals surface area contributed by atoms with Crippen molar-refractivity contribution in [2.45, 2.75) is 19.4 Å². The van der Waals surface area contributed by atoms with E-state index in [9.17, 15) is 9.59 Å². The first kappa shape index (κ1) is 17.9. The smallest absolute Gasteiger partial charge is 0.225 e. The summed E-state index contributed by atoms with van der Waals surface area (Å²) >= 11 is 0. The lowest BCUT2D eigenvalue weighted by atomic mass is 10.1. The molecule has 136 valence electrons. The van der Waals surface area contributed by atoms with Gasteiger partial charge in [-0.25, -0.2) is 0 Å². The third kappa shape index (κ3) is 5.28. The van der Waals surface area contributed by atoms with Crippen molar-refractivity contribution in [3.05, 3.63) is 35.9 Å². The number of nitrogens with one attached hydrogen (secondary N) is 1. The van der Waals surface area contributed by atoms with Crippen molar-refractivity contribution in [1.82, 2.24) is 15.1 Å². The molecule has 1 aromatic rings. The van der Waals surface area contributed by atoms with E-state index in [1.165, 1.54) is 0 Å². The second kappa shape index (κ2) is 8.97. The van der Waals surface area contributed by atoms with Crippen LogP contribution in [0.1, 0.15) is 18.4 Å². The highest BCUT2D eigenvalue weighted by Gasteiger charge is 2.33. The summed E-state index contributed by atoms with van der Waals surface area (Å²) in [6.45, 7) is 6.29. The number of amides is 2. The fourth-order valence-electron chi connectivity index (χ4n) is 3.39. The fraction of sp³-hybridized carbons (Fsp3) is 0.579. The van der Waals surface area contributed by atoms with E-state index in [0.29, 0.717) is 26.1 Å². The van der Waals surface area contributed by atoms with Crippen molar-refractivity contribution in [3.63, 3.8) is 0 Å². The minimum atomic E-state index is -0.223. The Morgan fingerprint density at radius 1 is 1.20 bits per heavy atom. The highest BCUT2D eigenvalue weighted by Crippen LogP contribution is 2.20. The van der Waals surface area contributed by atoms with Crippen LogP contribution in [0.15, 0.2) is 30.3 Å². The Hall–Kier alpha value is -1.92. The van der Waals surface area contributed by atoms with Gasteiger partial charge in [-0.3, -0.25) is 14.5 Å². The Morgan fingerprint density at radius 3 is 2.72 bits per heavy atom. The zero-order chi connectivity index (χ0) is 17.5. The van der Waals surface area contributed by atoms with Crippen LogP contribution < -0.4 is 5.32 Å². The third-order valence-electron chi connectivity index (χ3n) is 4.86. The Bertz CT molecular complexity index is 573. The molecule has 1 atom stereocenters. The maximum Gasteiger partial charge on any atom is 0.225 e. The van der Waals surface area contributed by atoms with Crippen molar-refractivity contribution in [3.8, 4) is 0 Å². The Morgan fingerprint density at radius 2 is 1.96 bits per heavy atom. The molecule has 0 spiro atoms. The average molecular weight is 345 g/mol. The summed E-state index contributed by atoms with van der Waals surface area (Å²) < 4.78 is 5.33. The molecule has 0 saturated carbocycles. The monoisotopic (exact) mass is 345 g/mol. The van der Waals surface area contributed by atoms with Gasteiger partial charge in [0.25, 0.3) is 0 Å². The van der Waals surface area contributed by atoms with E-state index in [1.807, 2.05) is 30.3 Å². The van der Waals surface area contributed by atoms with Crippen molar-refractivity contribution in [2.24, 2.45) is 5.92 Å². The molecule has 2 aliphatic heterocycles. The molecular weight excluding hydrogens is 318 g/mol. The standard InChI is InChI=1S/C19H27N3O3/c23-18-13-17(15-22(18)14-16-5-2-1-3-6-16)19(24)20-7-4-8-21-9-11-25-12-10-21/h1-3,5-6,17H,4,7-15H2,(H,20,24)/t17-/m0/s1. The molecule has 2 fully saturated rings. The van der Waals surface area contributed by atoms with E-state index >= 15 is 0 Å². The number of hydrogen-bond acceptors (Lipinski definition) is 4. The average Bonchev–Trinajstić information content (AvgIpc) is 3.01. The summed E-state index contributed by atoms with van der Waals surface area (Å²) in [5.74, 6) is -0.150. The molecule has 0 bridgehead atoms. The van der Waals surface area contributed by atoms with Crippen LogP contribution in [-0.4, -0.2) is 67.6 Å². The molecular formula is C19H27N3O3. The van der Waals surface area contributed by atoms with Gasteiger partial charge in [0.05, 0.1) is 19.1 Å². The van der Waals surface area contributed by atoms with Gasteiger partial charge in [-0.05, 0) is 18.5 Å². The number of hydrogen-bond donors (Lipinski definition) is 1. The van der Waals surface area contributed by atoms with Crippen molar-refractivity contribution in [2.75, 3.05) is 45.9 Å². The first-order chi connectivity index (χ1) is 12.2. The van der Waals surface area contributed by atoms with Crippen LogP contribution in [0.5, 0.6) is 0 Å². The van der Waals surface area contributed by atoms with Crippen molar-refractivity contribution >= 4 is 11.8 Å². The lowest BCUT2D eigenvalue weighted by molar-refractivity contribution is -0.129. The Labute approximate surface area is 149 Å². The number of ether oxygens (including phenoxy) is 1. The third-order valence-corrected chi connectivity index (χ3v) is 4.86. The normalized spacial score (nSPS) is 21.5. The van der Waals surface area contributed by atoms with E-state index < -0.39 is 0 Å². The molecule has 25 heavy (non-hydrogen) atoms. The summed E-state index contributed by atoms with van der Waals surface area (Å²) in [5.41, 5.74) is 1.10. The lowest BCUT2D eigenvalue weighted by Crippen LogP contribution is -2.39. The van der Waals surface area contributed by atoms with Gasteiger partial charge in [-0.1, -0.05) is 30.3 Å². The number of carbonyl (C=O) groups excluding carboxylic acids is 2. The molecule has 6 nitrogen and oxygen atoms in total. The fourth-order valence-corrected chi connectivity index (χ4v) is 3.39. The maximum atomic E-state index is 12.3. The largest absolute Gasteiger partial charge is 0.379 e. The van der Waals surface area contributed by atoms with E-state index in [0.717, 1.165) is 44.8 Å². The Kier molecular flexibility index (Phi) is 6.42. The number of morpholine rings is 1. The summed E-state index contributed by atoms with van der Waals surface area (Å²) in [7, 11) is 0. The minimum Gasteiger partial charge on any atom is -0.379 e. The molecule has 6 heteroatoms. The lowest BCUT2D eigenvalue weighted by Gasteiger charge is -2.26. The zero-order valence-corrected chi connectivity index (χ0v) is 14.7. The molecule has 0 aromatic heterocycles. The van der Waals surface area contributed by atoms with Crippen LogP contribution >= 0.6 is 0 Å². The summed E-state index contributed by atoms with van der Waals surface area (Å²) in [5, 5.41) is 2.99. The summed E-state index contributed by atoms with van der Waals surface area (Å²) in [6.07, 6.45) is 1.25. The van der Waals surface area contributed by atoms with Gasteiger partial charge in [0.2, 0.25) is 11.8 Å². The highest BCUT2D eigenvalue weighted by atomic mass is 16.5. The van der Waals surface area contributed by atoms with Gasteiger partial charge in [-0.2, -0.15) is 0 Å². The van der Waals surface area contributed by atoms with Crippen LogP contribution in [0.2, 0.25) is 0 Å². The first-order valence-corrected chi connectivity index (χ1v) is 9.12. The Balaban J connectivity index is 1.37. The summed E-state index contributed by atoms with van der Waals surface area (Å²) in [4.78, 5) is 28.6. The molecule has 0 radical (unpaired) electrons. The first-order valence-electron chi connectivity index (χ1n) is 9.12. The molecule has 1 aromatic carbocycles. The van der Waals surface area contributed by atoms with Gasteiger partial charge < -0.3 is 15.0 Å². The van der Waals surface area contributed by atoms with E-state index in [4.69, 9.17) is 4.74 Å². The van der Waals surface area contributed by atoms with Gasteiger partial charge in [-0.15, -0.1) is 0 Å². The van der Waals surface area contributed by atoms with E-state index in [-0.39, 0.29) is 17.7 Å². The zero-order valence-electron chi connectivity index (χ0n) is 14.7. The molecule has 1 N–H and O–H groups in total. The van der Waals surface area contributed by atoms with Gasteiger partial charge in [0.15, 0.2) is 0 Å². The number of likely N-dealkylation sites (tertiary alicyclic amines) is 1. The molecule has 2 amide bonds. The predicted octanol–water partition coefficient (Wildman–Crippen LogP) is 0.874. The maximum absolute atomic E-state index is 12.3. The van der Waals surface area contributed by atoms with Gasteiger partial charge in [0.1, 0.15) is 0 Å². The van der Waals surface area contributed by atoms with E-state index in [2.05, 4.69) is 10.2 Å². The number of nitrogens with zero attached hydrogens (tertiary/aromatic N) is 2. The second-order valence-electron chi connectivity index (χ2n) is 6.76. The summed E-state index contributed by atoms with van der Waals surface area (Å²) in [6, 6.07) is 9.91. The topological polar surface area (TPSA) is 61.9 Å². The molecule has 2 aliphatic rings. The van der Waals surface area contributed by atoms with Crippen LogP contribution in [-0.2, 0) is 20.9 Å². The molecule has 3 rings (SSSR count). The minimum absolute atomic E-state index is 0.00545. The molecule has 0 unspecified atom stereocenters. The number of rotatable bonds is 7. The molecule has 0 aliphatic carbocycles. The van der Waals surface area contributed by atoms with Crippen LogP contribution in [0.25, 0.3) is 0 Å². The van der Waals surface area contributed by atoms with Crippen LogP contribution in [0, 0.1) is 5.92 Å².